The molecule has 1 saturated heterocycles. The average molecular weight is 354 g/mol. The summed E-state index contributed by atoms with van der Waals surface area (Å²) in [6.45, 7) is 6.14. The number of hydrogen-bond acceptors (Lipinski definition) is 3. The van der Waals surface area contributed by atoms with Crippen molar-refractivity contribution >= 4 is 29.9 Å². The first-order valence-corrected chi connectivity index (χ1v) is 8.28. The second kappa shape index (κ2) is 9.64. The Morgan fingerprint density at radius 1 is 1.33 bits per heavy atom. The first-order valence-electron chi connectivity index (χ1n) is 8.28. The Morgan fingerprint density at radius 3 is 2.75 bits per heavy atom. The smallest absolute Gasteiger partial charge is 0.243 e. The summed E-state index contributed by atoms with van der Waals surface area (Å²) < 4.78 is 0. The van der Waals surface area contributed by atoms with Crippen molar-refractivity contribution in [1.82, 2.24) is 10.2 Å². The van der Waals surface area contributed by atoms with Gasteiger partial charge in [-0.15, -0.1) is 12.4 Å². The summed E-state index contributed by atoms with van der Waals surface area (Å²) in [5.74, 6) is 0.473. The first-order chi connectivity index (χ1) is 11.0. The van der Waals surface area contributed by atoms with Crippen LogP contribution in [0.3, 0.4) is 0 Å². The minimum Gasteiger partial charge on any atom is -0.336 e. The van der Waals surface area contributed by atoms with Gasteiger partial charge in [-0.25, -0.2) is 0 Å². The third-order valence-corrected chi connectivity index (χ3v) is 4.61. The molecule has 0 spiro atoms. The summed E-state index contributed by atoms with van der Waals surface area (Å²) in [4.78, 5) is 25.8. The summed E-state index contributed by atoms with van der Waals surface area (Å²) in [5, 5.41) is 6.20. The Balaban J connectivity index is 0.00000288. The number of aryl methyl sites for hydroxylation is 1. The van der Waals surface area contributed by atoms with Gasteiger partial charge in [0.2, 0.25) is 11.8 Å². The van der Waals surface area contributed by atoms with Gasteiger partial charge in [-0.1, -0.05) is 12.1 Å². The van der Waals surface area contributed by atoms with E-state index in [0.717, 1.165) is 42.7 Å². The van der Waals surface area contributed by atoms with Crippen molar-refractivity contribution in [3.63, 3.8) is 0 Å². The number of hydrogen-bond donors (Lipinski definition) is 2. The molecule has 0 radical (unpaired) electrons. The number of halogens is 1. The van der Waals surface area contributed by atoms with Crippen LogP contribution >= 0.6 is 12.4 Å². The zero-order chi connectivity index (χ0) is 16.8. The number of rotatable bonds is 6. The lowest BCUT2D eigenvalue weighted by molar-refractivity contribution is -0.133. The monoisotopic (exact) mass is 353 g/mol. The van der Waals surface area contributed by atoms with Crippen molar-refractivity contribution in [3.8, 4) is 0 Å². The number of likely N-dealkylation sites (N-methyl/N-ethyl adjacent to an activating group) is 1. The number of nitrogens with one attached hydrogen (secondary N) is 2. The molecular formula is C18H28ClN3O2. The van der Waals surface area contributed by atoms with Crippen LogP contribution in [0.15, 0.2) is 18.2 Å². The zero-order valence-electron chi connectivity index (χ0n) is 14.7. The molecule has 1 atom stereocenters. The van der Waals surface area contributed by atoms with E-state index in [-0.39, 0.29) is 30.8 Å². The molecule has 1 unspecified atom stereocenters. The summed E-state index contributed by atoms with van der Waals surface area (Å²) in [7, 11) is 1.69. The van der Waals surface area contributed by atoms with Crippen LogP contribution in [0.1, 0.15) is 30.4 Å². The Hall–Kier alpha value is -1.59. The van der Waals surface area contributed by atoms with Gasteiger partial charge in [-0.05, 0) is 62.9 Å². The van der Waals surface area contributed by atoms with E-state index in [9.17, 15) is 9.59 Å². The molecule has 0 aliphatic carbocycles. The maximum Gasteiger partial charge on any atom is 0.243 e. The molecule has 24 heavy (non-hydrogen) atoms. The van der Waals surface area contributed by atoms with Crippen LogP contribution < -0.4 is 10.6 Å². The number of carbonyl (C=O) groups excluding carboxylic acids is 2. The van der Waals surface area contributed by atoms with Crippen LogP contribution in [0.25, 0.3) is 0 Å². The van der Waals surface area contributed by atoms with Crippen molar-refractivity contribution in [1.29, 1.82) is 0 Å². The summed E-state index contributed by atoms with van der Waals surface area (Å²) in [5.41, 5.74) is 3.01. The largest absolute Gasteiger partial charge is 0.336 e. The van der Waals surface area contributed by atoms with Gasteiger partial charge in [0.05, 0.1) is 6.54 Å². The summed E-state index contributed by atoms with van der Waals surface area (Å²) >= 11 is 0. The number of amides is 2. The van der Waals surface area contributed by atoms with Crippen LogP contribution in [-0.2, 0) is 9.59 Å². The van der Waals surface area contributed by atoms with Crippen LogP contribution in [0.5, 0.6) is 0 Å². The lowest BCUT2D eigenvalue weighted by Gasteiger charge is -2.18. The predicted octanol–water partition coefficient (Wildman–Crippen LogP) is 2.51. The van der Waals surface area contributed by atoms with E-state index in [1.165, 1.54) is 4.90 Å². The quantitative estimate of drug-likeness (QED) is 0.826. The van der Waals surface area contributed by atoms with Crippen LogP contribution in [0.4, 0.5) is 5.69 Å². The second-order valence-electron chi connectivity index (χ2n) is 6.44. The van der Waals surface area contributed by atoms with E-state index >= 15 is 0 Å². The highest BCUT2D eigenvalue weighted by Gasteiger charge is 2.18. The van der Waals surface area contributed by atoms with Gasteiger partial charge in [0, 0.05) is 19.2 Å². The molecule has 134 valence electrons. The van der Waals surface area contributed by atoms with Crippen molar-refractivity contribution in [3.05, 3.63) is 29.3 Å². The van der Waals surface area contributed by atoms with E-state index in [2.05, 4.69) is 10.6 Å². The SMILES string of the molecule is Cc1cccc(NC(=O)CN(C)C(=O)CCC2CCNC2)c1C.Cl. The molecule has 1 aliphatic rings. The van der Waals surface area contributed by atoms with Gasteiger partial charge < -0.3 is 15.5 Å². The molecule has 2 amide bonds. The van der Waals surface area contributed by atoms with Gasteiger partial charge in [0.1, 0.15) is 0 Å². The molecule has 1 aromatic carbocycles. The third-order valence-electron chi connectivity index (χ3n) is 4.61. The Kier molecular flexibility index (Phi) is 8.22. The average Bonchev–Trinajstić information content (AvgIpc) is 3.02. The Bertz CT molecular complexity index is 571. The molecule has 1 aromatic rings. The highest BCUT2D eigenvalue weighted by molar-refractivity contribution is 5.95. The van der Waals surface area contributed by atoms with E-state index in [4.69, 9.17) is 0 Å². The standard InChI is InChI=1S/C18H27N3O2.ClH/c1-13-5-4-6-16(14(13)2)20-17(22)12-21(3)18(23)8-7-15-9-10-19-11-15;/h4-6,15,19H,7-12H2,1-3H3,(H,20,22);1H. The minimum atomic E-state index is -0.155. The molecule has 1 fully saturated rings. The van der Waals surface area contributed by atoms with Crippen molar-refractivity contribution < 1.29 is 9.59 Å². The fraction of sp³-hybridized carbons (Fsp3) is 0.556. The lowest BCUT2D eigenvalue weighted by atomic mass is 10.0. The maximum absolute atomic E-state index is 12.1. The highest BCUT2D eigenvalue weighted by Crippen LogP contribution is 2.18. The molecule has 6 heteroatoms. The van der Waals surface area contributed by atoms with Gasteiger partial charge in [-0.3, -0.25) is 9.59 Å². The van der Waals surface area contributed by atoms with Crippen molar-refractivity contribution in [2.75, 3.05) is 32.0 Å². The van der Waals surface area contributed by atoms with Crippen molar-refractivity contribution in [2.24, 2.45) is 5.92 Å². The second-order valence-corrected chi connectivity index (χ2v) is 6.44. The first kappa shape index (κ1) is 20.5. The van der Waals surface area contributed by atoms with Gasteiger partial charge in [0.25, 0.3) is 0 Å². The lowest BCUT2D eigenvalue weighted by Crippen LogP contribution is -2.35. The van der Waals surface area contributed by atoms with Crippen molar-refractivity contribution in [2.45, 2.75) is 33.1 Å². The van der Waals surface area contributed by atoms with Gasteiger partial charge >= 0.3 is 0 Å². The molecule has 1 heterocycles. The van der Waals surface area contributed by atoms with Crippen LogP contribution in [-0.4, -0.2) is 43.4 Å². The highest BCUT2D eigenvalue weighted by atomic mass is 35.5. The zero-order valence-corrected chi connectivity index (χ0v) is 15.5. The molecule has 0 aromatic heterocycles. The fourth-order valence-electron chi connectivity index (χ4n) is 2.86. The number of nitrogens with zero attached hydrogens (tertiary/aromatic N) is 1. The number of carbonyl (C=O) groups is 2. The molecule has 0 bridgehead atoms. The molecule has 0 saturated carbocycles. The topological polar surface area (TPSA) is 61.4 Å². The number of benzene rings is 1. The van der Waals surface area contributed by atoms with Gasteiger partial charge in [0.15, 0.2) is 0 Å². The summed E-state index contributed by atoms with van der Waals surface area (Å²) in [6.07, 6.45) is 2.55. The maximum atomic E-state index is 12.1. The Morgan fingerprint density at radius 2 is 2.08 bits per heavy atom. The fourth-order valence-corrected chi connectivity index (χ4v) is 2.86. The van der Waals surface area contributed by atoms with E-state index in [1.807, 2.05) is 32.0 Å². The molecule has 1 aliphatic heterocycles. The Labute approximate surface area is 150 Å². The van der Waals surface area contributed by atoms with Crippen LogP contribution in [0.2, 0.25) is 0 Å². The predicted molar refractivity (Wildman–Crippen MR) is 99.6 cm³/mol. The molecule has 2 rings (SSSR count). The molecule has 5 nitrogen and oxygen atoms in total. The van der Waals surface area contributed by atoms with E-state index < -0.39 is 0 Å². The van der Waals surface area contributed by atoms with Crippen LogP contribution in [0, 0.1) is 19.8 Å². The van der Waals surface area contributed by atoms with E-state index in [1.54, 1.807) is 7.05 Å². The van der Waals surface area contributed by atoms with Gasteiger partial charge in [-0.2, -0.15) is 0 Å². The van der Waals surface area contributed by atoms with E-state index in [0.29, 0.717) is 12.3 Å². The number of anilines is 1. The third kappa shape index (κ3) is 5.80. The normalized spacial score (nSPS) is 16.4. The molecular weight excluding hydrogens is 326 g/mol. The molecule has 2 N–H and O–H groups in total. The minimum absolute atomic E-state index is 0. The summed E-state index contributed by atoms with van der Waals surface area (Å²) in [6, 6.07) is 5.82.